The first kappa shape index (κ1) is 16.9. The van der Waals surface area contributed by atoms with Crippen LogP contribution in [-0.2, 0) is 21.4 Å². The van der Waals surface area contributed by atoms with Gasteiger partial charge in [-0.1, -0.05) is 19.0 Å². The molecule has 0 radical (unpaired) electrons. The van der Waals surface area contributed by atoms with Crippen molar-refractivity contribution in [2.24, 2.45) is 22.7 Å². The molecule has 4 aliphatic rings. The van der Waals surface area contributed by atoms with Crippen LogP contribution >= 0.6 is 15.9 Å². The van der Waals surface area contributed by atoms with Crippen LogP contribution < -0.4 is 0 Å². The second kappa shape index (κ2) is 5.37. The maximum Gasteiger partial charge on any atom is 0.200 e. The van der Waals surface area contributed by atoms with Gasteiger partial charge in [0.2, 0.25) is 0 Å². The number of halogens is 1. The number of nitrogens with zero attached hydrogens (tertiary/aromatic N) is 1. The fraction of sp³-hybridized carbons (Fsp3) is 0.800. The third-order valence-corrected chi connectivity index (χ3v) is 12.6. The van der Waals surface area contributed by atoms with Crippen molar-refractivity contribution in [3.63, 3.8) is 0 Å². The van der Waals surface area contributed by atoms with Crippen molar-refractivity contribution in [2.45, 2.75) is 75.5 Å². The molecule has 0 N–H and O–H groups in total. The highest BCUT2D eigenvalue weighted by Crippen LogP contribution is 2.70. The van der Waals surface area contributed by atoms with E-state index < -0.39 is 0 Å². The molecule has 1 aromatic heterocycles. The highest BCUT2D eigenvalue weighted by Gasteiger charge is 2.75. The normalized spacial score (nSPS) is 44.2. The van der Waals surface area contributed by atoms with Crippen molar-refractivity contribution in [3.8, 4) is 0 Å². The van der Waals surface area contributed by atoms with E-state index in [0.29, 0.717) is 17.0 Å². The number of rotatable bonds is 3. The molecule has 3 nitrogen and oxygen atoms in total. The van der Waals surface area contributed by atoms with Gasteiger partial charge in [0.1, 0.15) is 16.3 Å². The van der Waals surface area contributed by atoms with E-state index in [-0.39, 0.29) is 21.7 Å². The predicted octanol–water partition coefficient (Wildman–Crippen LogP) is 4.81. The fourth-order valence-corrected chi connectivity index (χ4v) is 11.4. The van der Waals surface area contributed by atoms with E-state index >= 15 is 0 Å². The SMILES string of the molecule is Cc1noc(C[S+]2C3CCC(C3)C2[C@]23CC[C@H](CC2=O)C3(C)C)c1Br. The zero-order chi connectivity index (χ0) is 17.6. The predicted molar refractivity (Wildman–Crippen MR) is 103 cm³/mol. The summed E-state index contributed by atoms with van der Waals surface area (Å²) in [5.74, 6) is 3.95. The molecule has 3 saturated carbocycles. The average Bonchev–Trinajstić information content (AvgIpc) is 3.33. The number of ketones is 1. The molecule has 5 heteroatoms. The van der Waals surface area contributed by atoms with Gasteiger partial charge in [-0.2, -0.15) is 0 Å². The molecule has 25 heavy (non-hydrogen) atoms. The molecule has 0 aromatic carbocycles. The first-order chi connectivity index (χ1) is 11.9. The topological polar surface area (TPSA) is 43.1 Å². The van der Waals surface area contributed by atoms with E-state index in [4.69, 9.17) is 4.52 Å². The van der Waals surface area contributed by atoms with Crippen molar-refractivity contribution >= 4 is 32.6 Å². The molecular weight excluding hydrogens is 398 g/mol. The van der Waals surface area contributed by atoms with Gasteiger partial charge in [-0.3, -0.25) is 4.79 Å². The van der Waals surface area contributed by atoms with E-state index in [9.17, 15) is 4.79 Å². The number of Topliss-reactive ketones (excluding diaryl/α,β-unsaturated/α-hetero) is 1. The van der Waals surface area contributed by atoms with Gasteiger partial charge in [0.25, 0.3) is 0 Å². The van der Waals surface area contributed by atoms with Crippen LogP contribution in [0.2, 0.25) is 0 Å². The highest BCUT2D eigenvalue weighted by molar-refractivity contribution is 9.10. The van der Waals surface area contributed by atoms with Gasteiger partial charge in [-0.05, 0) is 59.9 Å². The highest BCUT2D eigenvalue weighted by atomic mass is 79.9. The minimum atomic E-state index is -0.0534. The maximum atomic E-state index is 13.3. The van der Waals surface area contributed by atoms with Crippen molar-refractivity contribution in [1.29, 1.82) is 0 Å². The van der Waals surface area contributed by atoms with Gasteiger partial charge >= 0.3 is 0 Å². The number of aromatic nitrogens is 1. The molecule has 1 saturated heterocycles. The molecule has 6 atom stereocenters. The molecule has 3 aliphatic carbocycles. The Labute approximate surface area is 161 Å². The Morgan fingerprint density at radius 1 is 1.32 bits per heavy atom. The Hall–Kier alpha value is -0.290. The molecule has 0 amide bonds. The molecule has 5 rings (SSSR count). The van der Waals surface area contributed by atoms with E-state index in [1.165, 1.54) is 25.7 Å². The minimum Gasteiger partial charge on any atom is -0.355 e. The van der Waals surface area contributed by atoms with Gasteiger partial charge in [0, 0.05) is 29.7 Å². The zero-order valence-corrected chi connectivity index (χ0v) is 17.7. The summed E-state index contributed by atoms with van der Waals surface area (Å²) in [5, 5.41) is 5.53. The quantitative estimate of drug-likeness (QED) is 0.653. The second-order valence-electron chi connectivity index (χ2n) is 9.29. The first-order valence-corrected chi connectivity index (χ1v) is 12.0. The van der Waals surface area contributed by atoms with Crippen molar-refractivity contribution in [2.75, 3.05) is 0 Å². The van der Waals surface area contributed by atoms with Crippen LogP contribution in [0.5, 0.6) is 0 Å². The Bertz CT molecular complexity index is 744. The first-order valence-electron chi connectivity index (χ1n) is 9.68. The van der Waals surface area contributed by atoms with E-state index in [0.717, 1.165) is 45.7 Å². The Morgan fingerprint density at radius 3 is 2.72 bits per heavy atom. The van der Waals surface area contributed by atoms with Crippen LogP contribution in [0, 0.1) is 29.6 Å². The lowest BCUT2D eigenvalue weighted by molar-refractivity contribution is -0.130. The Balaban J connectivity index is 1.55. The maximum absolute atomic E-state index is 13.3. The fourth-order valence-electron chi connectivity index (χ4n) is 6.87. The summed E-state index contributed by atoms with van der Waals surface area (Å²) in [6, 6.07) is 0. The van der Waals surface area contributed by atoms with Gasteiger partial charge in [0.15, 0.2) is 11.5 Å². The van der Waals surface area contributed by atoms with Crippen LogP contribution in [0.15, 0.2) is 9.00 Å². The lowest BCUT2D eigenvalue weighted by Crippen LogP contribution is -2.53. The van der Waals surface area contributed by atoms with Gasteiger partial charge in [-0.15, -0.1) is 0 Å². The lowest BCUT2D eigenvalue weighted by atomic mass is 9.64. The monoisotopic (exact) mass is 424 g/mol. The molecule has 4 bridgehead atoms. The van der Waals surface area contributed by atoms with Gasteiger partial charge < -0.3 is 4.52 Å². The van der Waals surface area contributed by atoms with E-state index in [1.54, 1.807) is 0 Å². The van der Waals surface area contributed by atoms with Crippen LogP contribution in [0.3, 0.4) is 0 Å². The van der Waals surface area contributed by atoms with Crippen LogP contribution in [0.1, 0.15) is 63.8 Å². The van der Waals surface area contributed by atoms with E-state index in [1.807, 2.05) is 6.92 Å². The molecule has 1 aliphatic heterocycles. The zero-order valence-electron chi connectivity index (χ0n) is 15.3. The molecule has 2 heterocycles. The smallest absolute Gasteiger partial charge is 0.200 e. The summed E-state index contributed by atoms with van der Waals surface area (Å²) in [6.45, 7) is 6.79. The van der Waals surface area contributed by atoms with E-state index in [2.05, 4.69) is 34.9 Å². The molecule has 0 spiro atoms. The largest absolute Gasteiger partial charge is 0.355 e. The molecule has 4 fully saturated rings. The number of carbonyl (C=O) groups excluding carboxylic acids is 1. The summed E-state index contributed by atoms with van der Waals surface area (Å²) < 4.78 is 6.70. The standard InChI is InChI=1S/C20H27BrNO2S/c1-11-17(21)15(24-22-11)10-25-14-5-4-12(8-14)18(25)20-7-6-13(9-16(20)23)19(20,2)3/h12-14,18H,4-10H2,1-3H3/q+1/t12?,13-,14?,18?,20+,25?/m1/s1. The van der Waals surface area contributed by atoms with Crippen molar-refractivity contribution < 1.29 is 9.32 Å². The molecule has 4 unspecified atom stereocenters. The van der Waals surface area contributed by atoms with Crippen molar-refractivity contribution in [1.82, 2.24) is 5.16 Å². The molecule has 136 valence electrons. The van der Waals surface area contributed by atoms with Crippen molar-refractivity contribution in [3.05, 3.63) is 15.9 Å². The summed E-state index contributed by atoms with van der Waals surface area (Å²) in [5.41, 5.74) is 1.07. The lowest BCUT2D eigenvalue weighted by Gasteiger charge is -2.43. The Morgan fingerprint density at radius 2 is 2.12 bits per heavy atom. The van der Waals surface area contributed by atoms with Crippen LogP contribution in [-0.4, -0.2) is 21.4 Å². The summed E-state index contributed by atoms with van der Waals surface area (Å²) in [4.78, 5) is 13.3. The number of carbonyl (C=O) groups is 1. The van der Waals surface area contributed by atoms with Crippen LogP contribution in [0.25, 0.3) is 0 Å². The Kier molecular flexibility index (Phi) is 3.62. The third kappa shape index (κ3) is 2.00. The summed E-state index contributed by atoms with van der Waals surface area (Å²) >= 11 is 3.67. The number of hydrogen-bond acceptors (Lipinski definition) is 3. The molecular formula is C20H27BrNO2S+. The van der Waals surface area contributed by atoms with Gasteiger partial charge in [-0.25, -0.2) is 0 Å². The number of fused-ring (bicyclic) bond motifs is 4. The molecule has 1 aromatic rings. The van der Waals surface area contributed by atoms with Gasteiger partial charge in [0.05, 0.1) is 15.6 Å². The number of hydrogen-bond donors (Lipinski definition) is 0. The second-order valence-corrected chi connectivity index (χ2v) is 12.5. The average molecular weight is 425 g/mol. The summed E-state index contributed by atoms with van der Waals surface area (Å²) in [7, 11) is 0.245. The minimum absolute atomic E-state index is 0.0534. The number of aryl methyl sites for hydroxylation is 1. The third-order valence-electron chi connectivity index (χ3n) is 8.23. The summed E-state index contributed by atoms with van der Waals surface area (Å²) in [6.07, 6.45) is 7.26. The van der Waals surface area contributed by atoms with Crippen LogP contribution in [0.4, 0.5) is 0 Å².